The summed E-state index contributed by atoms with van der Waals surface area (Å²) < 4.78 is 12.4. The molecular formula is C54H33BN2O2. The van der Waals surface area contributed by atoms with E-state index in [1.54, 1.807) is 0 Å². The molecule has 4 nitrogen and oxygen atoms in total. The average molecular weight is 753 g/mol. The highest BCUT2D eigenvalue weighted by Crippen LogP contribution is 2.45. The van der Waals surface area contributed by atoms with Crippen molar-refractivity contribution in [1.29, 1.82) is 0 Å². The van der Waals surface area contributed by atoms with Crippen LogP contribution in [-0.4, -0.2) is 6.71 Å². The Morgan fingerprint density at radius 1 is 0.305 bits per heavy atom. The molecule has 9 aromatic carbocycles. The Balaban J connectivity index is 0.970. The zero-order valence-electron chi connectivity index (χ0n) is 31.8. The van der Waals surface area contributed by atoms with Gasteiger partial charge in [-0.05, 0) is 124 Å². The molecule has 4 heterocycles. The van der Waals surface area contributed by atoms with Crippen LogP contribution in [0.4, 0.5) is 34.1 Å². The fourth-order valence-corrected chi connectivity index (χ4v) is 9.85. The standard InChI is InChI=1S/C54H33BN2O2/c1-7-24-50-40(16-1)42-32-36(26-28-52(42)58-50)34-12-9-14-38(30-34)56-46-20-5-3-18-44(46)55-45-19-4-6-21-47(45)57(49-23-11-22-48(56)54(49)55)39-15-10-13-35(31-39)37-27-29-53-43(33-37)41-17-2-8-25-51(41)59-53/h1-33H. The lowest BCUT2D eigenvalue weighted by molar-refractivity contribution is 0.668. The van der Waals surface area contributed by atoms with Crippen LogP contribution in [0.1, 0.15) is 0 Å². The van der Waals surface area contributed by atoms with Crippen LogP contribution in [0.2, 0.25) is 0 Å². The Morgan fingerprint density at radius 3 is 1.24 bits per heavy atom. The van der Waals surface area contributed by atoms with Crippen molar-refractivity contribution in [2.75, 3.05) is 9.80 Å². The third-order valence-corrected chi connectivity index (χ3v) is 12.4. The number of fused-ring (bicyclic) bond motifs is 10. The summed E-state index contributed by atoms with van der Waals surface area (Å²) in [6, 6.07) is 72.3. The summed E-state index contributed by atoms with van der Waals surface area (Å²) in [5, 5.41) is 4.53. The highest BCUT2D eigenvalue weighted by Gasteiger charge is 2.42. The van der Waals surface area contributed by atoms with E-state index < -0.39 is 0 Å². The third-order valence-electron chi connectivity index (χ3n) is 12.4. The Bertz CT molecular complexity index is 3280. The Morgan fingerprint density at radius 2 is 0.712 bits per heavy atom. The molecule has 13 rings (SSSR count). The van der Waals surface area contributed by atoms with Crippen molar-refractivity contribution in [3.63, 3.8) is 0 Å². The van der Waals surface area contributed by atoms with Gasteiger partial charge in [-0.1, -0.05) is 115 Å². The van der Waals surface area contributed by atoms with Gasteiger partial charge in [-0.3, -0.25) is 0 Å². The second kappa shape index (κ2) is 12.4. The summed E-state index contributed by atoms with van der Waals surface area (Å²) in [5.41, 5.74) is 19.2. The van der Waals surface area contributed by atoms with E-state index in [-0.39, 0.29) is 6.71 Å². The van der Waals surface area contributed by atoms with Gasteiger partial charge in [-0.25, -0.2) is 0 Å². The average Bonchev–Trinajstić information content (AvgIpc) is 3.87. The second-order valence-corrected chi connectivity index (χ2v) is 15.7. The number of furan rings is 2. The molecule has 59 heavy (non-hydrogen) atoms. The molecule has 0 bridgehead atoms. The van der Waals surface area contributed by atoms with Crippen LogP contribution in [0.5, 0.6) is 0 Å². The van der Waals surface area contributed by atoms with Crippen molar-refractivity contribution in [2.24, 2.45) is 0 Å². The molecule has 274 valence electrons. The molecule has 0 saturated heterocycles. The lowest BCUT2D eigenvalue weighted by Crippen LogP contribution is -2.61. The van der Waals surface area contributed by atoms with E-state index in [0.29, 0.717) is 0 Å². The summed E-state index contributed by atoms with van der Waals surface area (Å²) >= 11 is 0. The van der Waals surface area contributed by atoms with Gasteiger partial charge < -0.3 is 18.6 Å². The molecule has 0 unspecified atom stereocenters. The van der Waals surface area contributed by atoms with Crippen LogP contribution in [0.25, 0.3) is 66.1 Å². The monoisotopic (exact) mass is 752 g/mol. The first-order chi connectivity index (χ1) is 29.2. The van der Waals surface area contributed by atoms with Crippen molar-refractivity contribution >= 4 is 101 Å². The van der Waals surface area contributed by atoms with Crippen molar-refractivity contribution in [3.05, 3.63) is 200 Å². The quantitative estimate of drug-likeness (QED) is 0.168. The van der Waals surface area contributed by atoms with Gasteiger partial charge in [-0.2, -0.15) is 0 Å². The van der Waals surface area contributed by atoms with E-state index in [2.05, 4.69) is 186 Å². The fourth-order valence-electron chi connectivity index (χ4n) is 9.85. The van der Waals surface area contributed by atoms with Crippen LogP contribution in [0, 0.1) is 0 Å². The molecular weight excluding hydrogens is 719 g/mol. The van der Waals surface area contributed by atoms with Gasteiger partial charge in [0.2, 0.25) is 0 Å². The summed E-state index contributed by atoms with van der Waals surface area (Å²) in [7, 11) is 0. The van der Waals surface area contributed by atoms with Gasteiger partial charge in [-0.15, -0.1) is 0 Å². The van der Waals surface area contributed by atoms with Gasteiger partial charge in [0.15, 0.2) is 0 Å². The maximum absolute atomic E-state index is 6.18. The van der Waals surface area contributed by atoms with Crippen molar-refractivity contribution in [3.8, 4) is 22.3 Å². The fraction of sp³-hybridized carbons (Fsp3) is 0. The number of anilines is 6. The minimum absolute atomic E-state index is 0.0704. The smallest absolute Gasteiger partial charge is 0.252 e. The summed E-state index contributed by atoms with van der Waals surface area (Å²) in [5.74, 6) is 0. The Kier molecular flexibility index (Phi) is 6.78. The van der Waals surface area contributed by atoms with E-state index >= 15 is 0 Å². The number of hydrogen-bond donors (Lipinski definition) is 0. The minimum Gasteiger partial charge on any atom is -0.456 e. The first-order valence-electron chi connectivity index (χ1n) is 20.2. The molecule has 2 aromatic heterocycles. The second-order valence-electron chi connectivity index (χ2n) is 15.7. The van der Waals surface area contributed by atoms with Crippen molar-refractivity contribution < 1.29 is 8.83 Å². The highest BCUT2D eigenvalue weighted by atomic mass is 16.3. The van der Waals surface area contributed by atoms with E-state index in [9.17, 15) is 0 Å². The number of benzene rings is 9. The predicted octanol–water partition coefficient (Wildman–Crippen LogP) is 12.9. The molecule has 2 aliphatic rings. The topological polar surface area (TPSA) is 32.8 Å². The van der Waals surface area contributed by atoms with Crippen LogP contribution in [0.3, 0.4) is 0 Å². The number of para-hydroxylation sites is 4. The molecule has 5 heteroatoms. The van der Waals surface area contributed by atoms with Gasteiger partial charge in [0.05, 0.1) is 0 Å². The molecule has 2 aliphatic heterocycles. The zero-order valence-corrected chi connectivity index (χ0v) is 31.8. The van der Waals surface area contributed by atoms with E-state index in [0.717, 1.165) is 77.5 Å². The largest absolute Gasteiger partial charge is 0.456 e. The minimum atomic E-state index is 0.0704. The van der Waals surface area contributed by atoms with Crippen molar-refractivity contribution in [2.45, 2.75) is 0 Å². The predicted molar refractivity (Wildman–Crippen MR) is 246 cm³/mol. The van der Waals surface area contributed by atoms with Gasteiger partial charge in [0.25, 0.3) is 6.71 Å². The van der Waals surface area contributed by atoms with E-state index in [1.807, 2.05) is 24.3 Å². The van der Waals surface area contributed by atoms with Crippen LogP contribution >= 0.6 is 0 Å². The molecule has 0 fully saturated rings. The molecule has 0 N–H and O–H groups in total. The lowest BCUT2D eigenvalue weighted by Gasteiger charge is -2.44. The van der Waals surface area contributed by atoms with Gasteiger partial charge >= 0.3 is 0 Å². The van der Waals surface area contributed by atoms with E-state index in [1.165, 1.54) is 39.1 Å². The normalized spacial score (nSPS) is 13.0. The Labute approximate surface area is 340 Å². The van der Waals surface area contributed by atoms with E-state index in [4.69, 9.17) is 8.83 Å². The highest BCUT2D eigenvalue weighted by molar-refractivity contribution is 7.00. The van der Waals surface area contributed by atoms with Crippen molar-refractivity contribution in [1.82, 2.24) is 0 Å². The summed E-state index contributed by atoms with van der Waals surface area (Å²) in [6.45, 7) is 0.0704. The van der Waals surface area contributed by atoms with Crippen LogP contribution in [0.15, 0.2) is 209 Å². The molecule has 0 saturated carbocycles. The first-order valence-corrected chi connectivity index (χ1v) is 20.2. The molecule has 0 atom stereocenters. The maximum atomic E-state index is 6.18. The summed E-state index contributed by atoms with van der Waals surface area (Å²) in [6.07, 6.45) is 0. The van der Waals surface area contributed by atoms with Crippen LogP contribution in [-0.2, 0) is 0 Å². The SMILES string of the molecule is c1cc(-c2ccc3oc4ccccc4c3c2)cc(N2c3ccccc3B3c4ccccc4N(c4cccc(-c5ccc6oc7ccccc7c6c5)c4)c4cccc2c43)c1. The van der Waals surface area contributed by atoms with Gasteiger partial charge in [0.1, 0.15) is 22.3 Å². The molecule has 0 aliphatic carbocycles. The number of nitrogens with zero attached hydrogens (tertiary/aromatic N) is 2. The molecule has 11 aromatic rings. The first kappa shape index (κ1) is 32.3. The molecule has 0 spiro atoms. The van der Waals surface area contributed by atoms with Gasteiger partial charge in [0, 0.05) is 55.7 Å². The number of rotatable bonds is 4. The molecule has 0 amide bonds. The van der Waals surface area contributed by atoms with Crippen LogP contribution < -0.4 is 26.2 Å². The number of hydrogen-bond acceptors (Lipinski definition) is 4. The summed E-state index contributed by atoms with van der Waals surface area (Å²) in [4.78, 5) is 4.93. The Hall–Kier alpha value is -7.76. The zero-order chi connectivity index (χ0) is 38.6. The molecule has 0 radical (unpaired) electrons. The lowest BCUT2D eigenvalue weighted by atomic mass is 9.33. The third kappa shape index (κ3) is 4.79. The maximum Gasteiger partial charge on any atom is 0.252 e.